The molecule has 53 heavy (non-hydrogen) atoms. The standard InChI is InChI=1S/C42H40N6O3.2H2S/c49-39(24-29-10-3-1-4-11-29)47-22-8-16-37(47)41-43-27-35(45-41)31-18-20-33(21-19-31)51-34-15-7-14-32(26-34)36-28-44-42(46-36)38-17-9-23-48(38)40(50)25-30-12-5-2-6-13-30;;/h1-7,10-15,18-21,26-28,37-38H,8-9,16-17,22-25H2,(H,43,45)(H,44,46);2*1H2/t37-,38-;;/m0../s1. The maximum atomic E-state index is 13.2. The number of hydrogen-bond acceptors (Lipinski definition) is 5. The molecule has 2 saturated heterocycles. The second-order valence-electron chi connectivity index (χ2n) is 13.3. The molecule has 11 heteroatoms. The number of hydrogen-bond donors (Lipinski definition) is 2. The molecule has 0 aliphatic carbocycles. The van der Waals surface area contributed by atoms with Gasteiger partial charge in [0.15, 0.2) is 0 Å². The minimum atomic E-state index is -0.0573. The lowest BCUT2D eigenvalue weighted by atomic mass is 10.1. The fourth-order valence-electron chi connectivity index (χ4n) is 7.31. The molecule has 0 bridgehead atoms. The van der Waals surface area contributed by atoms with Crippen LogP contribution in [0.5, 0.6) is 11.5 Å². The van der Waals surface area contributed by atoms with Gasteiger partial charge in [0.1, 0.15) is 23.1 Å². The van der Waals surface area contributed by atoms with Crippen molar-refractivity contribution in [2.45, 2.75) is 50.6 Å². The third-order valence-corrected chi connectivity index (χ3v) is 9.91. The number of benzene rings is 4. The lowest BCUT2D eigenvalue weighted by Crippen LogP contribution is -2.32. The fraction of sp³-hybridized carbons (Fsp3) is 0.238. The monoisotopic (exact) mass is 744 g/mol. The van der Waals surface area contributed by atoms with Crippen LogP contribution in [-0.2, 0) is 22.4 Å². The number of imidazole rings is 2. The molecular weight excluding hydrogens is 701 g/mol. The van der Waals surface area contributed by atoms with Crippen LogP contribution >= 0.6 is 27.0 Å². The lowest BCUT2D eigenvalue weighted by molar-refractivity contribution is -0.132. The van der Waals surface area contributed by atoms with Crippen molar-refractivity contribution in [1.82, 2.24) is 29.7 Å². The molecule has 272 valence electrons. The Morgan fingerprint density at radius 2 is 1.11 bits per heavy atom. The maximum absolute atomic E-state index is 13.2. The number of carbonyl (C=O) groups excluding carboxylic acids is 2. The zero-order valence-corrected chi connectivity index (χ0v) is 31.4. The van der Waals surface area contributed by atoms with Gasteiger partial charge in [-0.3, -0.25) is 9.59 Å². The molecule has 0 unspecified atom stereocenters. The Hall–Kier alpha value is -5.26. The summed E-state index contributed by atoms with van der Waals surface area (Å²) in [7, 11) is 0. The summed E-state index contributed by atoms with van der Waals surface area (Å²) in [6.45, 7) is 1.49. The topological polar surface area (TPSA) is 107 Å². The molecular formula is C42H44N6O3S2. The maximum Gasteiger partial charge on any atom is 0.227 e. The second-order valence-corrected chi connectivity index (χ2v) is 13.3. The summed E-state index contributed by atoms with van der Waals surface area (Å²) in [5.74, 6) is 3.32. The summed E-state index contributed by atoms with van der Waals surface area (Å²) in [5, 5.41) is 0. The van der Waals surface area contributed by atoms with E-state index in [1.807, 2.05) is 131 Å². The van der Waals surface area contributed by atoms with Gasteiger partial charge in [-0.1, -0.05) is 72.8 Å². The Bertz CT molecular complexity index is 2120. The van der Waals surface area contributed by atoms with E-state index in [0.29, 0.717) is 24.3 Å². The molecule has 2 fully saturated rings. The van der Waals surface area contributed by atoms with Crippen LogP contribution in [-0.4, -0.2) is 54.6 Å². The summed E-state index contributed by atoms with van der Waals surface area (Å²) in [6.07, 6.45) is 8.18. The molecule has 0 saturated carbocycles. The summed E-state index contributed by atoms with van der Waals surface area (Å²) in [5.41, 5.74) is 5.77. The number of H-pyrrole nitrogens is 2. The number of nitrogens with zero attached hydrogens (tertiary/aromatic N) is 4. The van der Waals surface area contributed by atoms with Gasteiger partial charge in [-0.15, -0.1) is 0 Å². The van der Waals surface area contributed by atoms with E-state index in [1.165, 1.54) is 0 Å². The van der Waals surface area contributed by atoms with Crippen molar-refractivity contribution in [2.24, 2.45) is 0 Å². The molecule has 2 atom stereocenters. The summed E-state index contributed by atoms with van der Waals surface area (Å²) in [4.78, 5) is 46.6. The molecule has 2 aliphatic rings. The number of carbonyl (C=O) groups is 2. The van der Waals surface area contributed by atoms with Gasteiger partial charge in [0.25, 0.3) is 0 Å². The molecule has 9 nitrogen and oxygen atoms in total. The summed E-state index contributed by atoms with van der Waals surface area (Å²) in [6, 6.07) is 35.5. The normalized spacial score (nSPS) is 16.5. The molecule has 4 aromatic carbocycles. The van der Waals surface area contributed by atoms with Gasteiger partial charge in [-0.2, -0.15) is 27.0 Å². The molecule has 2 aliphatic heterocycles. The first-order valence-corrected chi connectivity index (χ1v) is 17.7. The highest BCUT2D eigenvalue weighted by Crippen LogP contribution is 2.35. The van der Waals surface area contributed by atoms with Crippen LogP contribution in [0.15, 0.2) is 122 Å². The van der Waals surface area contributed by atoms with Gasteiger partial charge in [-0.25, -0.2) is 9.97 Å². The number of rotatable bonds is 10. The van der Waals surface area contributed by atoms with Crippen molar-refractivity contribution in [1.29, 1.82) is 0 Å². The van der Waals surface area contributed by atoms with Crippen LogP contribution in [0.2, 0.25) is 0 Å². The Kier molecular flexibility index (Phi) is 12.1. The third kappa shape index (κ3) is 8.53. The molecule has 2 aromatic heterocycles. The average Bonchev–Trinajstić information content (AvgIpc) is 3.99. The van der Waals surface area contributed by atoms with E-state index < -0.39 is 0 Å². The highest BCUT2D eigenvalue weighted by molar-refractivity contribution is 7.59. The van der Waals surface area contributed by atoms with E-state index in [-0.39, 0.29) is 50.9 Å². The van der Waals surface area contributed by atoms with E-state index in [2.05, 4.69) is 9.97 Å². The van der Waals surface area contributed by atoms with Crippen LogP contribution in [0, 0.1) is 0 Å². The number of ether oxygens (including phenoxy) is 1. The van der Waals surface area contributed by atoms with Crippen molar-refractivity contribution in [3.05, 3.63) is 144 Å². The van der Waals surface area contributed by atoms with E-state index in [9.17, 15) is 9.59 Å². The first kappa shape index (κ1) is 37.5. The Morgan fingerprint density at radius 3 is 1.64 bits per heavy atom. The van der Waals surface area contributed by atoms with Gasteiger partial charge < -0.3 is 24.5 Å². The number of nitrogens with one attached hydrogen (secondary N) is 2. The van der Waals surface area contributed by atoms with E-state index in [4.69, 9.17) is 14.7 Å². The van der Waals surface area contributed by atoms with Crippen molar-refractivity contribution in [3.63, 3.8) is 0 Å². The van der Waals surface area contributed by atoms with Crippen molar-refractivity contribution >= 4 is 38.8 Å². The van der Waals surface area contributed by atoms with Gasteiger partial charge in [0.05, 0.1) is 48.7 Å². The van der Waals surface area contributed by atoms with Crippen LogP contribution in [0.25, 0.3) is 22.5 Å². The molecule has 0 spiro atoms. The molecule has 4 heterocycles. The predicted molar refractivity (Wildman–Crippen MR) is 217 cm³/mol. The fourth-order valence-corrected chi connectivity index (χ4v) is 7.31. The SMILES string of the molecule is O=C(Cc1ccccc1)N1CCC[C@H]1c1ncc(-c2ccc(Oc3cccc(-c4cnc([C@@H]5CCCN5C(=O)Cc5ccccc5)[nH]4)c3)cc2)[nH]1.S.S. The van der Waals surface area contributed by atoms with E-state index >= 15 is 0 Å². The van der Waals surface area contributed by atoms with Crippen LogP contribution < -0.4 is 4.74 Å². The summed E-state index contributed by atoms with van der Waals surface area (Å²) < 4.78 is 6.26. The second kappa shape index (κ2) is 17.0. The first-order chi connectivity index (χ1) is 25.1. The van der Waals surface area contributed by atoms with Crippen molar-refractivity contribution in [3.8, 4) is 34.0 Å². The minimum Gasteiger partial charge on any atom is -0.457 e. The zero-order chi connectivity index (χ0) is 34.6. The molecule has 6 aromatic rings. The molecule has 2 N–H and O–H groups in total. The highest BCUT2D eigenvalue weighted by atomic mass is 32.1. The number of likely N-dealkylation sites (tertiary alicyclic amines) is 2. The van der Waals surface area contributed by atoms with Crippen molar-refractivity contribution < 1.29 is 14.3 Å². The van der Waals surface area contributed by atoms with E-state index in [1.54, 1.807) is 0 Å². The Labute approximate surface area is 323 Å². The zero-order valence-electron chi connectivity index (χ0n) is 29.4. The Balaban J connectivity index is 0.00000240. The quantitative estimate of drug-likeness (QED) is 0.147. The highest BCUT2D eigenvalue weighted by Gasteiger charge is 2.33. The first-order valence-electron chi connectivity index (χ1n) is 17.7. The van der Waals surface area contributed by atoms with Crippen LogP contribution in [0.4, 0.5) is 0 Å². The Morgan fingerprint density at radius 1 is 0.604 bits per heavy atom. The van der Waals surface area contributed by atoms with Crippen LogP contribution in [0.1, 0.15) is 60.5 Å². The van der Waals surface area contributed by atoms with Gasteiger partial charge in [0.2, 0.25) is 11.8 Å². The third-order valence-electron chi connectivity index (χ3n) is 9.91. The van der Waals surface area contributed by atoms with Gasteiger partial charge >= 0.3 is 0 Å². The predicted octanol–water partition coefficient (Wildman–Crippen LogP) is 8.30. The largest absolute Gasteiger partial charge is 0.457 e. The number of aromatic nitrogens is 4. The van der Waals surface area contributed by atoms with Gasteiger partial charge in [-0.05, 0) is 78.8 Å². The smallest absolute Gasteiger partial charge is 0.227 e. The average molecular weight is 745 g/mol. The molecule has 8 rings (SSSR count). The van der Waals surface area contributed by atoms with Crippen LogP contribution in [0.3, 0.4) is 0 Å². The number of amides is 2. The van der Waals surface area contributed by atoms with E-state index in [0.717, 1.165) is 84.1 Å². The van der Waals surface area contributed by atoms with Crippen molar-refractivity contribution in [2.75, 3.05) is 13.1 Å². The van der Waals surface area contributed by atoms with Gasteiger partial charge in [0, 0.05) is 18.7 Å². The lowest BCUT2D eigenvalue weighted by Gasteiger charge is -2.23. The molecule has 2 amide bonds. The minimum absolute atomic E-state index is 0. The molecule has 0 radical (unpaired) electrons. The summed E-state index contributed by atoms with van der Waals surface area (Å²) >= 11 is 0. The number of aromatic amines is 2.